The largest absolute Gasteiger partial charge is 0.476 e. The highest BCUT2D eigenvalue weighted by molar-refractivity contribution is 5.48. The number of alkyl halides is 3. The molecule has 1 fully saturated rings. The van der Waals surface area contributed by atoms with Crippen molar-refractivity contribution in [3.05, 3.63) is 42.0 Å². The maximum Gasteiger partial charge on any atom is 0.419 e. The van der Waals surface area contributed by atoms with Gasteiger partial charge in [0.2, 0.25) is 5.88 Å². The van der Waals surface area contributed by atoms with E-state index in [1.165, 1.54) is 12.3 Å². The molecular weight excluding hydrogens is 333 g/mol. The molecule has 2 aromatic heterocycles. The lowest BCUT2D eigenvalue weighted by Crippen LogP contribution is -2.37. The highest BCUT2D eigenvalue weighted by Gasteiger charge is 2.36. The minimum atomic E-state index is -4.40. The van der Waals surface area contributed by atoms with Gasteiger partial charge < -0.3 is 9.64 Å². The predicted octanol–water partition coefficient (Wildman–Crippen LogP) is 3.49. The van der Waals surface area contributed by atoms with Crippen LogP contribution in [0.15, 0.2) is 30.7 Å². The van der Waals surface area contributed by atoms with Gasteiger partial charge in [-0.2, -0.15) is 13.2 Å². The second kappa shape index (κ2) is 7.25. The maximum absolute atomic E-state index is 13.1. The molecule has 8 heteroatoms. The van der Waals surface area contributed by atoms with E-state index in [-0.39, 0.29) is 11.7 Å². The second-order valence-electron chi connectivity index (χ2n) is 6.06. The number of halogens is 3. The van der Waals surface area contributed by atoms with Gasteiger partial charge in [0.25, 0.3) is 0 Å². The Kier molecular flexibility index (Phi) is 5.06. The molecular formula is C17H19F3N4O. The minimum absolute atomic E-state index is 0.0131. The molecule has 1 aliphatic rings. The molecule has 25 heavy (non-hydrogen) atoms. The fourth-order valence-electron chi connectivity index (χ4n) is 2.91. The summed E-state index contributed by atoms with van der Waals surface area (Å²) < 4.78 is 45.1. The van der Waals surface area contributed by atoms with E-state index in [1.54, 1.807) is 17.3 Å². The summed E-state index contributed by atoms with van der Waals surface area (Å²) in [7, 11) is 0. The Labute approximate surface area is 143 Å². The molecule has 3 heterocycles. The van der Waals surface area contributed by atoms with Crippen molar-refractivity contribution in [3.63, 3.8) is 0 Å². The summed E-state index contributed by atoms with van der Waals surface area (Å²) in [6.07, 6.45) is 1.67. The molecule has 134 valence electrons. The van der Waals surface area contributed by atoms with E-state index in [1.807, 2.05) is 6.92 Å². The molecule has 0 spiro atoms. The lowest BCUT2D eigenvalue weighted by atomic mass is 9.97. The van der Waals surface area contributed by atoms with Gasteiger partial charge in [-0.1, -0.05) is 0 Å². The van der Waals surface area contributed by atoms with E-state index in [0.29, 0.717) is 25.6 Å². The first-order valence-corrected chi connectivity index (χ1v) is 8.12. The van der Waals surface area contributed by atoms with Gasteiger partial charge >= 0.3 is 6.18 Å². The van der Waals surface area contributed by atoms with E-state index >= 15 is 0 Å². The number of hydrogen-bond acceptors (Lipinski definition) is 5. The number of rotatable bonds is 4. The van der Waals surface area contributed by atoms with E-state index < -0.39 is 11.7 Å². The fourth-order valence-corrected chi connectivity index (χ4v) is 2.91. The van der Waals surface area contributed by atoms with Crippen LogP contribution in [-0.4, -0.2) is 34.6 Å². The number of aryl methyl sites for hydroxylation is 1. The Bertz CT molecular complexity index is 715. The van der Waals surface area contributed by atoms with Gasteiger partial charge in [0, 0.05) is 31.7 Å². The molecule has 5 nitrogen and oxygen atoms in total. The van der Waals surface area contributed by atoms with Gasteiger partial charge in [-0.25, -0.2) is 9.97 Å². The molecule has 0 radical (unpaired) electrons. The highest BCUT2D eigenvalue weighted by atomic mass is 19.4. The van der Waals surface area contributed by atoms with Crippen molar-refractivity contribution in [3.8, 4) is 5.88 Å². The zero-order valence-electron chi connectivity index (χ0n) is 13.8. The highest BCUT2D eigenvalue weighted by Crippen LogP contribution is 2.36. The Morgan fingerprint density at radius 3 is 2.52 bits per heavy atom. The van der Waals surface area contributed by atoms with Crippen molar-refractivity contribution in [1.29, 1.82) is 0 Å². The second-order valence-corrected chi connectivity index (χ2v) is 6.06. The van der Waals surface area contributed by atoms with Crippen molar-refractivity contribution < 1.29 is 17.9 Å². The van der Waals surface area contributed by atoms with Crippen molar-refractivity contribution in [2.45, 2.75) is 25.9 Å². The molecule has 1 saturated heterocycles. The third-order valence-corrected chi connectivity index (χ3v) is 4.30. The van der Waals surface area contributed by atoms with Crippen LogP contribution >= 0.6 is 0 Å². The summed E-state index contributed by atoms with van der Waals surface area (Å²) >= 11 is 0. The van der Waals surface area contributed by atoms with Crippen molar-refractivity contribution in [1.82, 2.24) is 15.0 Å². The Balaban J connectivity index is 1.59. The Hall–Kier alpha value is -2.38. The van der Waals surface area contributed by atoms with Gasteiger partial charge in [-0.15, -0.1) is 0 Å². The van der Waals surface area contributed by atoms with E-state index in [0.717, 1.165) is 24.6 Å². The van der Waals surface area contributed by atoms with Gasteiger partial charge in [-0.3, -0.25) is 4.98 Å². The van der Waals surface area contributed by atoms with Crippen LogP contribution in [0.25, 0.3) is 0 Å². The number of hydrogen-bond donors (Lipinski definition) is 0. The summed E-state index contributed by atoms with van der Waals surface area (Å²) in [6.45, 7) is 3.35. The topological polar surface area (TPSA) is 51.1 Å². The summed E-state index contributed by atoms with van der Waals surface area (Å²) in [5, 5.41) is 0. The molecule has 0 bridgehead atoms. The smallest absolute Gasteiger partial charge is 0.419 e. The van der Waals surface area contributed by atoms with Crippen molar-refractivity contribution in [2.75, 3.05) is 24.6 Å². The average molecular weight is 352 g/mol. The van der Waals surface area contributed by atoms with E-state index in [9.17, 15) is 13.2 Å². The van der Waals surface area contributed by atoms with Crippen LogP contribution in [0.1, 0.15) is 24.1 Å². The standard InChI is InChI=1S/C17H19F3N4O/c1-12-16(23-8-7-21-12)25-11-13-4-9-24(10-5-13)15-14(17(18,19)20)3-2-6-22-15/h2-3,6-8,13H,4-5,9-11H2,1H3. The average Bonchev–Trinajstić information content (AvgIpc) is 2.61. The van der Waals surface area contributed by atoms with Gasteiger partial charge in [0.15, 0.2) is 0 Å². The summed E-state index contributed by atoms with van der Waals surface area (Å²) in [5.41, 5.74) is 0.0446. The predicted molar refractivity (Wildman–Crippen MR) is 86.4 cm³/mol. The van der Waals surface area contributed by atoms with Crippen LogP contribution in [-0.2, 0) is 6.18 Å². The molecule has 2 aromatic rings. The molecule has 0 unspecified atom stereocenters. The number of ether oxygens (including phenoxy) is 1. The summed E-state index contributed by atoms with van der Waals surface area (Å²) in [5.74, 6) is 0.795. The number of aromatic nitrogens is 3. The van der Waals surface area contributed by atoms with Gasteiger partial charge in [-0.05, 0) is 37.8 Å². The van der Waals surface area contributed by atoms with Crippen LogP contribution < -0.4 is 9.64 Å². The van der Waals surface area contributed by atoms with Crippen LogP contribution in [0.5, 0.6) is 5.88 Å². The Morgan fingerprint density at radius 2 is 1.84 bits per heavy atom. The first-order valence-electron chi connectivity index (χ1n) is 8.12. The SMILES string of the molecule is Cc1nccnc1OCC1CCN(c2ncccc2C(F)(F)F)CC1. The molecule has 0 saturated carbocycles. The Morgan fingerprint density at radius 1 is 1.12 bits per heavy atom. The third kappa shape index (κ3) is 4.18. The number of piperidine rings is 1. The van der Waals surface area contributed by atoms with Crippen LogP contribution in [0.3, 0.4) is 0 Å². The minimum Gasteiger partial charge on any atom is -0.476 e. The molecule has 3 rings (SSSR count). The van der Waals surface area contributed by atoms with Crippen LogP contribution in [0.2, 0.25) is 0 Å². The summed E-state index contributed by atoms with van der Waals surface area (Å²) in [6, 6.07) is 2.39. The summed E-state index contributed by atoms with van der Waals surface area (Å²) in [4.78, 5) is 13.9. The first kappa shape index (κ1) is 17.4. The number of pyridine rings is 1. The third-order valence-electron chi connectivity index (χ3n) is 4.30. The van der Waals surface area contributed by atoms with Crippen molar-refractivity contribution >= 4 is 5.82 Å². The molecule has 0 atom stereocenters. The number of anilines is 1. The van der Waals surface area contributed by atoms with E-state index in [2.05, 4.69) is 15.0 Å². The normalized spacial score (nSPS) is 16.1. The zero-order valence-corrected chi connectivity index (χ0v) is 13.8. The first-order chi connectivity index (χ1) is 11.9. The van der Waals surface area contributed by atoms with Crippen LogP contribution in [0.4, 0.5) is 19.0 Å². The van der Waals surface area contributed by atoms with Gasteiger partial charge in [0.05, 0.1) is 17.9 Å². The van der Waals surface area contributed by atoms with Crippen LogP contribution in [0, 0.1) is 12.8 Å². The van der Waals surface area contributed by atoms with Gasteiger partial charge in [0.1, 0.15) is 5.82 Å². The molecule has 0 amide bonds. The lowest BCUT2D eigenvalue weighted by Gasteiger charge is -2.33. The monoisotopic (exact) mass is 352 g/mol. The maximum atomic E-state index is 13.1. The molecule has 0 aromatic carbocycles. The number of nitrogens with zero attached hydrogens (tertiary/aromatic N) is 4. The quantitative estimate of drug-likeness (QED) is 0.843. The molecule has 0 aliphatic carbocycles. The van der Waals surface area contributed by atoms with Crippen molar-refractivity contribution in [2.24, 2.45) is 5.92 Å². The lowest BCUT2D eigenvalue weighted by molar-refractivity contribution is -0.137. The zero-order chi connectivity index (χ0) is 17.9. The molecule has 0 N–H and O–H groups in total. The molecule has 1 aliphatic heterocycles. The van der Waals surface area contributed by atoms with E-state index in [4.69, 9.17) is 4.74 Å². The fraction of sp³-hybridized carbons (Fsp3) is 0.471.